The van der Waals surface area contributed by atoms with Crippen molar-refractivity contribution < 1.29 is 9.84 Å². The van der Waals surface area contributed by atoms with Gasteiger partial charge >= 0.3 is 0 Å². The zero-order chi connectivity index (χ0) is 10.1. The maximum absolute atomic E-state index is 9.55. The average molecular weight is 181 g/mol. The summed E-state index contributed by atoms with van der Waals surface area (Å²) >= 11 is 0. The van der Waals surface area contributed by atoms with Gasteiger partial charge in [-0.2, -0.15) is 0 Å². The van der Waals surface area contributed by atoms with Crippen LogP contribution in [0.25, 0.3) is 0 Å². The Bertz CT molecular complexity index is 302. The summed E-state index contributed by atoms with van der Waals surface area (Å²) in [5.74, 6) is 0.746. The highest BCUT2D eigenvalue weighted by Gasteiger charge is 2.20. The SMILES string of the molecule is COc1ccc(O)c(C(C)(C)C)n1. The van der Waals surface area contributed by atoms with Crippen LogP contribution in [0, 0.1) is 0 Å². The molecule has 0 unspecified atom stereocenters. The lowest BCUT2D eigenvalue weighted by Crippen LogP contribution is -2.14. The molecule has 0 aliphatic heterocycles. The Balaban J connectivity index is 3.19. The minimum absolute atomic E-state index is 0.168. The van der Waals surface area contributed by atoms with Crippen LogP contribution in [0.1, 0.15) is 26.5 Å². The smallest absolute Gasteiger partial charge is 0.213 e. The molecule has 1 aromatic heterocycles. The second-order valence-corrected chi connectivity index (χ2v) is 3.97. The molecule has 1 N–H and O–H groups in total. The molecule has 0 aromatic carbocycles. The van der Waals surface area contributed by atoms with Gasteiger partial charge in [0.15, 0.2) is 0 Å². The number of rotatable bonds is 1. The first-order valence-electron chi connectivity index (χ1n) is 4.19. The number of aromatic nitrogens is 1. The van der Waals surface area contributed by atoms with E-state index >= 15 is 0 Å². The molecule has 0 fully saturated rings. The molecule has 0 aliphatic rings. The fourth-order valence-electron chi connectivity index (χ4n) is 1.10. The molecule has 0 aliphatic carbocycles. The maximum Gasteiger partial charge on any atom is 0.213 e. The van der Waals surface area contributed by atoms with Crippen molar-refractivity contribution in [2.75, 3.05) is 7.11 Å². The third-order valence-electron chi connectivity index (χ3n) is 1.77. The Morgan fingerprint density at radius 1 is 1.31 bits per heavy atom. The Labute approximate surface area is 78.4 Å². The number of ether oxygens (including phenoxy) is 1. The van der Waals surface area contributed by atoms with Gasteiger partial charge in [0.25, 0.3) is 0 Å². The quantitative estimate of drug-likeness (QED) is 0.721. The van der Waals surface area contributed by atoms with Gasteiger partial charge in [0.05, 0.1) is 12.8 Å². The standard InChI is InChI=1S/C10H15NO2/c1-10(2,3)9-7(12)5-6-8(11-9)13-4/h5-6,12H,1-4H3. The second-order valence-electron chi connectivity index (χ2n) is 3.97. The fraction of sp³-hybridized carbons (Fsp3) is 0.500. The molecule has 0 saturated heterocycles. The van der Waals surface area contributed by atoms with Crippen molar-refractivity contribution in [2.45, 2.75) is 26.2 Å². The molecule has 3 heteroatoms. The van der Waals surface area contributed by atoms with E-state index in [1.807, 2.05) is 20.8 Å². The van der Waals surface area contributed by atoms with E-state index in [0.29, 0.717) is 11.6 Å². The van der Waals surface area contributed by atoms with Crippen LogP contribution in [-0.2, 0) is 5.41 Å². The topological polar surface area (TPSA) is 42.4 Å². The van der Waals surface area contributed by atoms with Gasteiger partial charge in [-0.05, 0) is 6.07 Å². The first-order chi connectivity index (χ1) is 5.95. The molecule has 1 heterocycles. The van der Waals surface area contributed by atoms with Gasteiger partial charge in [0.2, 0.25) is 5.88 Å². The van der Waals surface area contributed by atoms with Crippen molar-refractivity contribution >= 4 is 0 Å². The first kappa shape index (κ1) is 9.84. The lowest BCUT2D eigenvalue weighted by atomic mass is 9.91. The predicted octanol–water partition coefficient (Wildman–Crippen LogP) is 2.09. The summed E-state index contributed by atoms with van der Waals surface area (Å²) in [6, 6.07) is 3.25. The molecule has 0 radical (unpaired) electrons. The molecular weight excluding hydrogens is 166 g/mol. The number of nitrogens with zero attached hydrogens (tertiary/aromatic N) is 1. The summed E-state index contributed by atoms with van der Waals surface area (Å²) in [6.07, 6.45) is 0. The zero-order valence-corrected chi connectivity index (χ0v) is 8.46. The highest BCUT2D eigenvalue weighted by Crippen LogP contribution is 2.29. The van der Waals surface area contributed by atoms with Crippen LogP contribution in [0.15, 0.2) is 12.1 Å². The van der Waals surface area contributed by atoms with Crippen LogP contribution in [0.4, 0.5) is 0 Å². The van der Waals surface area contributed by atoms with E-state index in [-0.39, 0.29) is 11.2 Å². The minimum Gasteiger partial charge on any atom is -0.506 e. The van der Waals surface area contributed by atoms with Gasteiger partial charge in [-0.3, -0.25) is 0 Å². The Morgan fingerprint density at radius 3 is 2.38 bits per heavy atom. The number of pyridine rings is 1. The Kier molecular flexibility index (Phi) is 2.45. The lowest BCUT2D eigenvalue weighted by Gasteiger charge is -2.19. The van der Waals surface area contributed by atoms with Crippen molar-refractivity contribution in [1.29, 1.82) is 0 Å². The van der Waals surface area contributed by atoms with Crippen LogP contribution in [0.5, 0.6) is 11.6 Å². The van der Waals surface area contributed by atoms with E-state index in [9.17, 15) is 5.11 Å². The van der Waals surface area contributed by atoms with E-state index in [2.05, 4.69) is 4.98 Å². The van der Waals surface area contributed by atoms with Crippen LogP contribution in [-0.4, -0.2) is 17.2 Å². The molecule has 0 amide bonds. The van der Waals surface area contributed by atoms with E-state index in [4.69, 9.17) is 4.74 Å². The van der Waals surface area contributed by atoms with E-state index < -0.39 is 0 Å². The number of aromatic hydroxyl groups is 1. The van der Waals surface area contributed by atoms with E-state index in [1.54, 1.807) is 19.2 Å². The number of hydrogen-bond acceptors (Lipinski definition) is 3. The molecule has 3 nitrogen and oxygen atoms in total. The molecule has 0 saturated carbocycles. The highest BCUT2D eigenvalue weighted by atomic mass is 16.5. The largest absolute Gasteiger partial charge is 0.506 e. The monoisotopic (exact) mass is 181 g/mol. The molecule has 1 rings (SSSR count). The summed E-state index contributed by atoms with van der Waals surface area (Å²) in [7, 11) is 1.56. The first-order valence-corrected chi connectivity index (χ1v) is 4.19. The minimum atomic E-state index is -0.168. The third-order valence-corrected chi connectivity index (χ3v) is 1.77. The van der Waals surface area contributed by atoms with Gasteiger partial charge < -0.3 is 9.84 Å². The van der Waals surface area contributed by atoms with Crippen molar-refractivity contribution in [3.63, 3.8) is 0 Å². The summed E-state index contributed by atoms with van der Waals surface area (Å²) in [4.78, 5) is 4.19. The molecule has 0 atom stereocenters. The third kappa shape index (κ3) is 2.11. The molecular formula is C10H15NO2. The van der Waals surface area contributed by atoms with Crippen molar-refractivity contribution in [1.82, 2.24) is 4.98 Å². The predicted molar refractivity (Wildman–Crippen MR) is 51.2 cm³/mol. The van der Waals surface area contributed by atoms with Gasteiger partial charge in [0.1, 0.15) is 5.75 Å². The van der Waals surface area contributed by atoms with Crippen LogP contribution in [0.2, 0.25) is 0 Å². The van der Waals surface area contributed by atoms with Crippen LogP contribution in [0.3, 0.4) is 0 Å². The van der Waals surface area contributed by atoms with Crippen molar-refractivity contribution in [3.05, 3.63) is 17.8 Å². The summed E-state index contributed by atoms with van der Waals surface area (Å²) < 4.78 is 4.98. The van der Waals surface area contributed by atoms with E-state index in [1.165, 1.54) is 0 Å². The summed E-state index contributed by atoms with van der Waals surface area (Å²) in [6.45, 7) is 5.98. The fourth-order valence-corrected chi connectivity index (χ4v) is 1.10. The second kappa shape index (κ2) is 3.24. The molecule has 1 aromatic rings. The lowest BCUT2D eigenvalue weighted by molar-refractivity contribution is 0.381. The number of methoxy groups -OCH3 is 1. The van der Waals surface area contributed by atoms with Crippen LogP contribution >= 0.6 is 0 Å². The molecule has 0 bridgehead atoms. The normalized spacial score (nSPS) is 11.4. The molecule has 72 valence electrons. The number of hydrogen-bond donors (Lipinski definition) is 1. The Hall–Kier alpha value is -1.25. The van der Waals surface area contributed by atoms with E-state index in [0.717, 1.165) is 0 Å². The van der Waals surface area contributed by atoms with Crippen LogP contribution < -0.4 is 4.74 Å². The average Bonchev–Trinajstić information content (AvgIpc) is 2.03. The maximum atomic E-state index is 9.55. The zero-order valence-electron chi connectivity index (χ0n) is 8.46. The van der Waals surface area contributed by atoms with Crippen molar-refractivity contribution in [3.8, 4) is 11.6 Å². The summed E-state index contributed by atoms with van der Waals surface area (Å²) in [5.41, 5.74) is 0.491. The molecule has 0 spiro atoms. The van der Waals surface area contributed by atoms with Gasteiger partial charge in [-0.15, -0.1) is 0 Å². The molecule has 13 heavy (non-hydrogen) atoms. The van der Waals surface area contributed by atoms with Gasteiger partial charge in [0, 0.05) is 11.5 Å². The van der Waals surface area contributed by atoms with Gasteiger partial charge in [-0.1, -0.05) is 20.8 Å². The highest BCUT2D eigenvalue weighted by molar-refractivity contribution is 5.34. The Morgan fingerprint density at radius 2 is 1.92 bits per heavy atom. The van der Waals surface area contributed by atoms with Crippen molar-refractivity contribution in [2.24, 2.45) is 0 Å². The summed E-state index contributed by atoms with van der Waals surface area (Å²) in [5, 5.41) is 9.55. The van der Waals surface area contributed by atoms with Gasteiger partial charge in [-0.25, -0.2) is 4.98 Å².